The standard InChI is InChI=1S/C64H40N8/c1-3-11-49(12-4-1)71-61(69-59-37-65-39-67-63(59)71)47-31-23-43(24-32-47)41-19-27-45(28-20-41)55-35-57-54-18-10-8-16-52(54)56(36-58(57)53-17-9-7-15-51(53)55)46-29-21-42(22-30-46)44-25-33-48(34-26-44)62-70-60-38-66-40-68-64(60)72(62)50-13-5-2-6-14-50/h1-40H. The van der Waals surface area contributed by atoms with Crippen molar-refractivity contribution in [2.24, 2.45) is 0 Å². The molecular formula is C64H40N8. The highest BCUT2D eigenvalue weighted by Crippen LogP contribution is 2.43. The van der Waals surface area contributed by atoms with Gasteiger partial charge in [0.05, 0.1) is 12.4 Å². The van der Waals surface area contributed by atoms with Crippen molar-refractivity contribution in [2.75, 3.05) is 0 Å². The Kier molecular flexibility index (Phi) is 9.67. The average molecular weight is 921 g/mol. The molecule has 72 heavy (non-hydrogen) atoms. The van der Waals surface area contributed by atoms with Gasteiger partial charge in [0.15, 0.2) is 11.3 Å². The molecule has 4 aromatic heterocycles. The molecule has 0 spiro atoms. The van der Waals surface area contributed by atoms with Crippen LogP contribution in [0.25, 0.3) is 133 Å². The summed E-state index contributed by atoms with van der Waals surface area (Å²) in [5.41, 5.74) is 16.4. The highest BCUT2D eigenvalue weighted by Gasteiger charge is 2.19. The lowest BCUT2D eigenvalue weighted by Gasteiger charge is -2.16. The highest BCUT2D eigenvalue weighted by atomic mass is 15.2. The summed E-state index contributed by atoms with van der Waals surface area (Å²) in [6.07, 6.45) is 6.68. The lowest BCUT2D eigenvalue weighted by molar-refractivity contribution is 1.07. The van der Waals surface area contributed by atoms with Gasteiger partial charge in [-0.2, -0.15) is 0 Å². The Bertz CT molecular complexity index is 4050. The van der Waals surface area contributed by atoms with Crippen LogP contribution in [0.15, 0.2) is 243 Å². The van der Waals surface area contributed by atoms with Crippen LogP contribution in [-0.2, 0) is 0 Å². The van der Waals surface area contributed by atoms with E-state index in [9.17, 15) is 0 Å². The third-order valence-electron chi connectivity index (χ3n) is 13.9. The SMILES string of the molecule is c1ccc(-n2c(-c3ccc(-c4ccc(-c5cc6c7ccccc7c(-c7ccc(-c8ccc(-c9nc%10cncnc%10n9-c9ccccc9)cc8)cc7)cc6c6ccccc56)cc4)cc3)nc3cncnc32)cc1. The van der Waals surface area contributed by atoms with Gasteiger partial charge < -0.3 is 0 Å². The van der Waals surface area contributed by atoms with Crippen molar-refractivity contribution in [3.8, 4) is 78.7 Å². The number of aromatic nitrogens is 8. The Labute approximate surface area is 413 Å². The summed E-state index contributed by atoms with van der Waals surface area (Å²) in [6, 6.07) is 78.1. The first kappa shape index (κ1) is 41.1. The Morgan fingerprint density at radius 3 is 0.972 bits per heavy atom. The van der Waals surface area contributed by atoms with E-state index in [0.29, 0.717) is 0 Å². The number of fused-ring (bicyclic) bond motifs is 7. The molecule has 0 unspecified atom stereocenters. The van der Waals surface area contributed by atoms with Crippen LogP contribution in [0, 0.1) is 0 Å². The molecule has 8 nitrogen and oxygen atoms in total. The third kappa shape index (κ3) is 6.92. The van der Waals surface area contributed by atoms with Crippen LogP contribution >= 0.6 is 0 Å². The number of benzene rings is 10. The Morgan fingerprint density at radius 1 is 0.278 bits per heavy atom. The van der Waals surface area contributed by atoms with Gasteiger partial charge in [-0.25, -0.2) is 29.9 Å². The summed E-state index contributed by atoms with van der Waals surface area (Å²) in [6.45, 7) is 0. The van der Waals surface area contributed by atoms with Gasteiger partial charge >= 0.3 is 0 Å². The minimum atomic E-state index is 0.756. The summed E-state index contributed by atoms with van der Waals surface area (Å²) < 4.78 is 4.20. The molecule has 0 N–H and O–H groups in total. The smallest absolute Gasteiger partial charge is 0.168 e. The van der Waals surface area contributed by atoms with E-state index in [0.717, 1.165) is 78.7 Å². The summed E-state index contributed by atoms with van der Waals surface area (Å²) >= 11 is 0. The van der Waals surface area contributed by atoms with E-state index < -0.39 is 0 Å². The third-order valence-corrected chi connectivity index (χ3v) is 13.9. The highest BCUT2D eigenvalue weighted by molar-refractivity contribution is 6.24. The van der Waals surface area contributed by atoms with Gasteiger partial charge in [-0.15, -0.1) is 0 Å². The fourth-order valence-corrected chi connectivity index (χ4v) is 10.4. The molecule has 14 rings (SSSR count). The largest absolute Gasteiger partial charge is 0.277 e. The Hall–Kier alpha value is -9.92. The van der Waals surface area contributed by atoms with Crippen LogP contribution in [0.1, 0.15) is 0 Å². The zero-order valence-electron chi connectivity index (χ0n) is 38.7. The molecule has 4 heterocycles. The number of rotatable bonds is 8. The van der Waals surface area contributed by atoms with Gasteiger partial charge in [0.1, 0.15) is 35.3 Å². The van der Waals surface area contributed by atoms with Crippen molar-refractivity contribution in [3.63, 3.8) is 0 Å². The van der Waals surface area contributed by atoms with Gasteiger partial charge in [0.25, 0.3) is 0 Å². The molecule has 0 saturated carbocycles. The molecule has 10 aromatic carbocycles. The predicted molar refractivity (Wildman–Crippen MR) is 292 cm³/mol. The van der Waals surface area contributed by atoms with Gasteiger partial charge in [0.2, 0.25) is 0 Å². The van der Waals surface area contributed by atoms with Crippen LogP contribution in [0.4, 0.5) is 0 Å². The average Bonchev–Trinajstić information content (AvgIpc) is 4.05. The maximum absolute atomic E-state index is 4.96. The van der Waals surface area contributed by atoms with E-state index in [1.807, 2.05) is 36.4 Å². The van der Waals surface area contributed by atoms with Crippen molar-refractivity contribution in [3.05, 3.63) is 243 Å². The number of hydrogen-bond donors (Lipinski definition) is 0. The van der Waals surface area contributed by atoms with Crippen molar-refractivity contribution in [1.82, 2.24) is 39.0 Å². The first-order valence-corrected chi connectivity index (χ1v) is 24.0. The van der Waals surface area contributed by atoms with Crippen molar-refractivity contribution in [2.45, 2.75) is 0 Å². The summed E-state index contributed by atoms with van der Waals surface area (Å²) in [5.74, 6) is 1.65. The zero-order chi connectivity index (χ0) is 47.5. The molecule has 14 aromatic rings. The van der Waals surface area contributed by atoms with Crippen molar-refractivity contribution >= 4 is 54.6 Å². The van der Waals surface area contributed by atoms with E-state index >= 15 is 0 Å². The quantitative estimate of drug-likeness (QED) is 0.141. The van der Waals surface area contributed by atoms with Crippen LogP contribution < -0.4 is 0 Å². The van der Waals surface area contributed by atoms with Gasteiger partial charge in [-0.3, -0.25) is 9.13 Å². The molecule has 0 aliphatic carbocycles. The van der Waals surface area contributed by atoms with Crippen molar-refractivity contribution < 1.29 is 0 Å². The molecule has 0 aliphatic heterocycles. The fraction of sp³-hybridized carbons (Fsp3) is 0. The Balaban J connectivity index is 0.781. The van der Waals surface area contributed by atoms with Crippen LogP contribution in [-0.4, -0.2) is 39.0 Å². The molecule has 0 aliphatic rings. The first-order chi connectivity index (χ1) is 35.7. The molecule has 0 radical (unpaired) electrons. The Morgan fingerprint density at radius 2 is 0.597 bits per heavy atom. The lowest BCUT2D eigenvalue weighted by Crippen LogP contribution is -1.98. The molecule has 0 fully saturated rings. The summed E-state index contributed by atoms with van der Waals surface area (Å²) in [4.78, 5) is 27.6. The minimum absolute atomic E-state index is 0.756. The molecule has 336 valence electrons. The summed E-state index contributed by atoms with van der Waals surface area (Å²) in [7, 11) is 0. The van der Waals surface area contributed by atoms with Gasteiger partial charge in [-0.1, -0.05) is 182 Å². The van der Waals surface area contributed by atoms with Crippen molar-refractivity contribution in [1.29, 1.82) is 0 Å². The van der Waals surface area contributed by atoms with Crippen LogP contribution in [0.2, 0.25) is 0 Å². The van der Waals surface area contributed by atoms with E-state index in [1.54, 1.807) is 25.0 Å². The number of para-hydroxylation sites is 2. The minimum Gasteiger partial charge on any atom is -0.277 e. The molecule has 0 bridgehead atoms. The first-order valence-electron chi connectivity index (χ1n) is 24.0. The van der Waals surface area contributed by atoms with E-state index in [4.69, 9.17) is 9.97 Å². The monoisotopic (exact) mass is 920 g/mol. The van der Waals surface area contributed by atoms with Crippen LogP contribution in [0.5, 0.6) is 0 Å². The maximum atomic E-state index is 4.96. The lowest BCUT2D eigenvalue weighted by atomic mass is 9.87. The number of hydrogen-bond acceptors (Lipinski definition) is 6. The van der Waals surface area contributed by atoms with E-state index in [1.165, 1.54) is 54.6 Å². The molecular weight excluding hydrogens is 881 g/mol. The van der Waals surface area contributed by atoms with Gasteiger partial charge in [0, 0.05) is 22.5 Å². The maximum Gasteiger partial charge on any atom is 0.168 e. The van der Waals surface area contributed by atoms with E-state index in [2.05, 4.69) is 211 Å². The second-order valence-electron chi connectivity index (χ2n) is 18.0. The molecule has 0 amide bonds. The fourth-order valence-electron chi connectivity index (χ4n) is 10.4. The zero-order valence-corrected chi connectivity index (χ0v) is 38.7. The van der Waals surface area contributed by atoms with Gasteiger partial charge in [-0.05, 0) is 113 Å². The van der Waals surface area contributed by atoms with E-state index in [-0.39, 0.29) is 0 Å². The van der Waals surface area contributed by atoms with Crippen LogP contribution in [0.3, 0.4) is 0 Å². The molecule has 8 heteroatoms. The normalized spacial score (nSPS) is 11.6. The second kappa shape index (κ2) is 16.9. The molecule has 0 atom stereocenters. The number of nitrogens with zero attached hydrogens (tertiary/aromatic N) is 8. The second-order valence-corrected chi connectivity index (χ2v) is 18.0. The number of imidazole rings is 2. The summed E-state index contributed by atoms with van der Waals surface area (Å²) in [5, 5.41) is 7.38. The molecule has 0 saturated heterocycles. The predicted octanol–water partition coefficient (Wildman–Crippen LogP) is 15.4. The topological polar surface area (TPSA) is 87.2 Å².